The van der Waals surface area contributed by atoms with E-state index in [9.17, 15) is 31.5 Å². The molecule has 1 aromatic carbocycles. The second-order valence-electron chi connectivity index (χ2n) is 8.15. The summed E-state index contributed by atoms with van der Waals surface area (Å²) >= 11 is 0. The Bertz CT molecular complexity index is 1050. The fourth-order valence-corrected chi connectivity index (χ4v) is 2.99. The Kier molecular flexibility index (Phi) is 6.75. The smallest absolute Gasteiger partial charge is 0.410 e. The topological polar surface area (TPSA) is 72.0 Å². The van der Waals surface area contributed by atoms with Gasteiger partial charge in [0.05, 0.1) is 5.56 Å². The summed E-state index contributed by atoms with van der Waals surface area (Å²) in [4.78, 5) is 31.9. The molecule has 3 rings (SSSR count). The number of piperazine rings is 1. The molecule has 1 aromatic heterocycles. The van der Waals surface area contributed by atoms with Crippen LogP contribution in [0.4, 0.5) is 32.6 Å². The van der Waals surface area contributed by atoms with Crippen LogP contribution in [0.2, 0.25) is 0 Å². The number of carbonyl (C=O) groups is 2. The fraction of sp³-hybridized carbons (Fsp3) is 0.381. The van der Waals surface area contributed by atoms with Gasteiger partial charge in [0, 0.05) is 32.4 Å². The van der Waals surface area contributed by atoms with Crippen LogP contribution in [-0.2, 0) is 4.74 Å². The van der Waals surface area contributed by atoms with Crippen molar-refractivity contribution in [3.05, 3.63) is 53.0 Å². The number of carbonyl (C=O) groups excluding carboxylic acids is 2. The number of halogens is 5. The molecule has 0 atom stereocenters. The van der Waals surface area contributed by atoms with Crippen LogP contribution in [0, 0.1) is 29.1 Å². The number of esters is 1. The molecule has 0 bridgehead atoms. The Morgan fingerprint density at radius 2 is 1.45 bits per heavy atom. The van der Waals surface area contributed by atoms with E-state index >= 15 is 0 Å². The van der Waals surface area contributed by atoms with Gasteiger partial charge < -0.3 is 19.3 Å². The minimum Gasteiger partial charge on any atom is -0.444 e. The monoisotopic (exact) mass is 473 g/mol. The van der Waals surface area contributed by atoms with Crippen LogP contribution >= 0.6 is 0 Å². The lowest BCUT2D eigenvalue weighted by atomic mass is 10.2. The van der Waals surface area contributed by atoms with E-state index in [-0.39, 0.29) is 5.56 Å². The molecule has 7 nitrogen and oxygen atoms in total. The van der Waals surface area contributed by atoms with Gasteiger partial charge in [-0.25, -0.2) is 27.7 Å². The summed E-state index contributed by atoms with van der Waals surface area (Å²) in [5, 5.41) is 0. The van der Waals surface area contributed by atoms with Gasteiger partial charge in [-0.2, -0.15) is 8.78 Å². The lowest BCUT2D eigenvalue weighted by molar-refractivity contribution is 0.0240. The highest BCUT2D eigenvalue weighted by Crippen LogP contribution is 2.30. The summed E-state index contributed by atoms with van der Waals surface area (Å²) in [7, 11) is 0. The zero-order chi connectivity index (χ0) is 24.5. The van der Waals surface area contributed by atoms with Crippen LogP contribution in [-0.4, -0.2) is 53.7 Å². The highest BCUT2D eigenvalue weighted by atomic mass is 19.2. The third-order valence-corrected chi connectivity index (χ3v) is 4.60. The molecule has 1 amide bonds. The molecule has 1 saturated heterocycles. The van der Waals surface area contributed by atoms with E-state index in [1.165, 1.54) is 17.2 Å². The van der Waals surface area contributed by atoms with E-state index in [1.54, 1.807) is 25.7 Å². The number of anilines is 1. The van der Waals surface area contributed by atoms with Gasteiger partial charge >= 0.3 is 12.1 Å². The minimum atomic E-state index is -2.36. The van der Waals surface area contributed by atoms with Crippen molar-refractivity contribution in [2.24, 2.45) is 0 Å². The van der Waals surface area contributed by atoms with Crippen molar-refractivity contribution >= 4 is 17.9 Å². The molecule has 0 radical (unpaired) electrons. The van der Waals surface area contributed by atoms with Gasteiger partial charge in [0.2, 0.25) is 34.8 Å². The number of ether oxygens (including phenoxy) is 2. The van der Waals surface area contributed by atoms with E-state index in [0.717, 1.165) is 6.07 Å². The highest BCUT2D eigenvalue weighted by Gasteiger charge is 2.30. The molecule has 0 N–H and O–H groups in total. The molecule has 178 valence electrons. The molecular formula is C21H20F5N3O4. The molecule has 2 heterocycles. The van der Waals surface area contributed by atoms with Gasteiger partial charge in [-0.05, 0) is 32.9 Å². The number of hydrogen-bond acceptors (Lipinski definition) is 6. The first-order chi connectivity index (χ1) is 15.4. The number of pyridine rings is 1. The molecule has 2 aromatic rings. The number of benzene rings is 1. The van der Waals surface area contributed by atoms with Crippen molar-refractivity contribution in [1.29, 1.82) is 0 Å². The third kappa shape index (κ3) is 5.32. The second kappa shape index (κ2) is 9.20. The van der Waals surface area contributed by atoms with Gasteiger partial charge in [0.15, 0.2) is 0 Å². The average molecular weight is 473 g/mol. The van der Waals surface area contributed by atoms with E-state index < -0.39 is 52.5 Å². The molecule has 0 saturated carbocycles. The quantitative estimate of drug-likeness (QED) is 0.220. The van der Waals surface area contributed by atoms with Gasteiger partial charge in [-0.1, -0.05) is 0 Å². The van der Waals surface area contributed by atoms with E-state index in [0.29, 0.717) is 32.0 Å². The number of amides is 1. The number of nitrogens with zero attached hydrogens (tertiary/aromatic N) is 3. The predicted molar refractivity (Wildman–Crippen MR) is 105 cm³/mol. The maximum absolute atomic E-state index is 13.8. The zero-order valence-corrected chi connectivity index (χ0v) is 17.9. The molecule has 1 aliphatic heterocycles. The van der Waals surface area contributed by atoms with Crippen LogP contribution in [0.5, 0.6) is 5.75 Å². The molecule has 0 spiro atoms. The highest BCUT2D eigenvalue weighted by molar-refractivity contribution is 5.91. The minimum absolute atomic E-state index is 0.224. The fourth-order valence-electron chi connectivity index (χ4n) is 2.99. The summed E-state index contributed by atoms with van der Waals surface area (Å²) in [5.41, 5.74) is -0.863. The molecule has 1 aliphatic rings. The normalized spacial score (nSPS) is 14.3. The maximum atomic E-state index is 13.8. The first-order valence-electron chi connectivity index (χ1n) is 9.81. The van der Waals surface area contributed by atoms with Crippen molar-refractivity contribution < 1.29 is 41.0 Å². The molecule has 33 heavy (non-hydrogen) atoms. The third-order valence-electron chi connectivity index (χ3n) is 4.60. The van der Waals surface area contributed by atoms with Crippen molar-refractivity contribution in [2.75, 3.05) is 31.1 Å². The molecule has 12 heteroatoms. The summed E-state index contributed by atoms with van der Waals surface area (Å²) in [6, 6.07) is 2.41. The lowest BCUT2D eigenvalue weighted by Crippen LogP contribution is -2.50. The molecule has 0 aliphatic carbocycles. The van der Waals surface area contributed by atoms with E-state index in [2.05, 4.69) is 9.72 Å². The lowest BCUT2D eigenvalue weighted by Gasteiger charge is -2.36. The van der Waals surface area contributed by atoms with Crippen LogP contribution in [0.15, 0.2) is 18.3 Å². The van der Waals surface area contributed by atoms with Gasteiger partial charge in [0.1, 0.15) is 11.4 Å². The Balaban J connectivity index is 1.71. The van der Waals surface area contributed by atoms with Crippen LogP contribution < -0.4 is 9.64 Å². The Labute approximate surface area is 185 Å². The van der Waals surface area contributed by atoms with Crippen molar-refractivity contribution in [3.63, 3.8) is 0 Å². The SMILES string of the molecule is CC(C)(C)OC(=O)N1CCN(c2cc(C(=O)Oc3c(F)c(F)c(F)c(F)c3F)ccn2)CC1. The molecular weight excluding hydrogens is 453 g/mol. The first kappa shape index (κ1) is 24.2. The average Bonchev–Trinajstić information content (AvgIpc) is 2.78. The van der Waals surface area contributed by atoms with Gasteiger partial charge in [-0.3, -0.25) is 0 Å². The van der Waals surface area contributed by atoms with Crippen LogP contribution in [0.25, 0.3) is 0 Å². The largest absolute Gasteiger partial charge is 0.444 e. The van der Waals surface area contributed by atoms with Crippen molar-refractivity contribution in [3.8, 4) is 5.75 Å². The summed E-state index contributed by atoms with van der Waals surface area (Å²) in [6.07, 6.45) is 0.764. The zero-order valence-electron chi connectivity index (χ0n) is 17.9. The Morgan fingerprint density at radius 3 is 2.00 bits per heavy atom. The van der Waals surface area contributed by atoms with E-state index in [1.807, 2.05) is 0 Å². The second-order valence-corrected chi connectivity index (χ2v) is 8.15. The first-order valence-corrected chi connectivity index (χ1v) is 9.81. The van der Waals surface area contributed by atoms with Crippen molar-refractivity contribution in [2.45, 2.75) is 26.4 Å². The van der Waals surface area contributed by atoms with E-state index in [4.69, 9.17) is 4.74 Å². The van der Waals surface area contributed by atoms with Crippen molar-refractivity contribution in [1.82, 2.24) is 9.88 Å². The maximum Gasteiger partial charge on any atom is 0.410 e. The molecule has 1 fully saturated rings. The number of hydrogen-bond donors (Lipinski definition) is 0. The summed E-state index contributed by atoms with van der Waals surface area (Å²) in [5.74, 6) is -14.1. The Hall–Kier alpha value is -3.44. The standard InChI is InChI=1S/C21H20F5N3O4/c1-21(2,3)33-20(31)29-8-6-28(7-9-29)12-10-11(4-5-27-12)19(30)32-18-16(25)14(23)13(22)15(24)17(18)26/h4-5,10H,6-9H2,1-3H3. The molecule has 0 unspecified atom stereocenters. The predicted octanol–water partition coefficient (Wildman–Crippen LogP) is 4.05. The number of aromatic nitrogens is 1. The number of rotatable bonds is 3. The summed E-state index contributed by atoms with van der Waals surface area (Å²) < 4.78 is 77.2. The Morgan fingerprint density at radius 1 is 0.909 bits per heavy atom. The van der Waals surface area contributed by atoms with Gasteiger partial charge in [-0.15, -0.1) is 0 Å². The summed E-state index contributed by atoms with van der Waals surface area (Å²) in [6.45, 7) is 6.59. The van der Waals surface area contributed by atoms with Crippen LogP contribution in [0.3, 0.4) is 0 Å². The van der Waals surface area contributed by atoms with Crippen LogP contribution in [0.1, 0.15) is 31.1 Å². The van der Waals surface area contributed by atoms with Gasteiger partial charge in [0.25, 0.3) is 0 Å².